The predicted octanol–water partition coefficient (Wildman–Crippen LogP) is 7.23. The molecule has 0 aromatic carbocycles. The van der Waals surface area contributed by atoms with E-state index >= 15 is 0 Å². The van der Waals surface area contributed by atoms with E-state index in [2.05, 4.69) is 22.9 Å². The lowest BCUT2D eigenvalue weighted by molar-refractivity contribution is -0.111. The molecule has 1 rings (SSSR count). The zero-order chi connectivity index (χ0) is 18.2. The molecule has 0 heterocycles. The highest BCUT2D eigenvalue weighted by molar-refractivity contribution is 9.09. The van der Waals surface area contributed by atoms with Gasteiger partial charge in [-0.2, -0.15) is 0 Å². The number of carbonyl (C=O) groups is 1. The average molecular weight is 417 g/mol. The van der Waals surface area contributed by atoms with E-state index in [0.29, 0.717) is 10.9 Å². The van der Waals surface area contributed by atoms with Crippen LogP contribution in [-0.2, 0) is 9.53 Å². The Balaban J connectivity index is 1.82. The summed E-state index contributed by atoms with van der Waals surface area (Å²) >= 11 is 3.67. The maximum atomic E-state index is 11.2. The molecule has 1 aliphatic rings. The quantitative estimate of drug-likeness (QED) is 0.150. The molecule has 0 aromatic heterocycles. The van der Waals surface area contributed by atoms with Gasteiger partial charge in [0.05, 0.1) is 6.10 Å². The Labute approximate surface area is 165 Å². The molecule has 0 bridgehead atoms. The van der Waals surface area contributed by atoms with Crippen molar-refractivity contribution in [1.29, 1.82) is 0 Å². The molecule has 0 saturated heterocycles. The van der Waals surface area contributed by atoms with Gasteiger partial charge in [-0.15, -0.1) is 0 Å². The third-order valence-corrected chi connectivity index (χ3v) is 6.68. The van der Waals surface area contributed by atoms with Crippen molar-refractivity contribution in [2.45, 2.75) is 121 Å². The van der Waals surface area contributed by atoms with Gasteiger partial charge in [0.25, 0.3) is 0 Å². The Hall–Kier alpha value is 0.110. The second-order valence-electron chi connectivity index (χ2n) is 7.85. The first-order valence-electron chi connectivity index (χ1n) is 11.0. The van der Waals surface area contributed by atoms with Crippen LogP contribution in [0.15, 0.2) is 0 Å². The summed E-state index contributed by atoms with van der Waals surface area (Å²) in [7, 11) is 0. The topological polar surface area (TPSA) is 26.3 Å². The molecule has 0 radical (unpaired) electrons. The molecule has 2 atom stereocenters. The number of alkyl halides is 1. The second-order valence-corrected chi connectivity index (χ2v) is 9.03. The van der Waals surface area contributed by atoms with Gasteiger partial charge >= 0.3 is 0 Å². The van der Waals surface area contributed by atoms with Gasteiger partial charge in [0.15, 0.2) is 0 Å². The minimum Gasteiger partial charge on any atom is -0.378 e. The first-order valence-corrected chi connectivity index (χ1v) is 11.9. The van der Waals surface area contributed by atoms with Crippen LogP contribution in [0.5, 0.6) is 0 Å². The highest BCUT2D eigenvalue weighted by atomic mass is 79.9. The van der Waals surface area contributed by atoms with Crippen LogP contribution in [0, 0.1) is 5.92 Å². The molecule has 148 valence electrons. The first kappa shape index (κ1) is 23.1. The van der Waals surface area contributed by atoms with E-state index in [9.17, 15) is 4.79 Å². The van der Waals surface area contributed by atoms with E-state index in [1.807, 2.05) is 0 Å². The molecule has 0 aromatic rings. The van der Waals surface area contributed by atoms with Gasteiger partial charge in [0.2, 0.25) is 0 Å². The number of carbonyl (C=O) groups excluding carboxylic acids is 1. The molecule has 1 saturated carbocycles. The molecule has 2 unspecified atom stereocenters. The third kappa shape index (κ3) is 12.2. The highest BCUT2D eigenvalue weighted by Gasteiger charge is 2.16. The summed E-state index contributed by atoms with van der Waals surface area (Å²) in [5.41, 5.74) is 0. The van der Waals surface area contributed by atoms with Crippen LogP contribution in [-0.4, -0.2) is 23.8 Å². The van der Waals surface area contributed by atoms with Crippen LogP contribution in [0.25, 0.3) is 0 Å². The first-order chi connectivity index (χ1) is 12.3. The molecule has 0 N–H and O–H groups in total. The van der Waals surface area contributed by atoms with Crippen molar-refractivity contribution >= 4 is 22.2 Å². The van der Waals surface area contributed by atoms with Crippen LogP contribution in [0.1, 0.15) is 110 Å². The van der Waals surface area contributed by atoms with Crippen LogP contribution >= 0.6 is 15.9 Å². The second kappa shape index (κ2) is 16.3. The summed E-state index contributed by atoms with van der Waals surface area (Å²) in [6.45, 7) is 3.15. The molecule has 25 heavy (non-hydrogen) atoms. The van der Waals surface area contributed by atoms with Crippen molar-refractivity contribution in [1.82, 2.24) is 0 Å². The SMILES string of the molecule is CCCC(Br)C(C=O)CCCCCCCCCCOC1CCCCC1. The number of halogens is 1. The number of rotatable bonds is 16. The fourth-order valence-electron chi connectivity index (χ4n) is 3.85. The number of unbranched alkanes of at least 4 members (excludes halogenated alkanes) is 7. The Bertz CT molecular complexity index is 302. The number of ether oxygens (including phenoxy) is 1. The smallest absolute Gasteiger partial charge is 0.124 e. The monoisotopic (exact) mass is 416 g/mol. The van der Waals surface area contributed by atoms with Crippen molar-refractivity contribution in [2.75, 3.05) is 6.61 Å². The van der Waals surface area contributed by atoms with E-state index in [4.69, 9.17) is 4.74 Å². The lowest BCUT2D eigenvalue weighted by atomic mass is 9.96. The molecule has 1 fully saturated rings. The van der Waals surface area contributed by atoms with Gasteiger partial charge in [-0.3, -0.25) is 0 Å². The maximum absolute atomic E-state index is 11.2. The number of aldehydes is 1. The van der Waals surface area contributed by atoms with E-state index in [1.165, 1.54) is 83.5 Å². The van der Waals surface area contributed by atoms with Gasteiger partial charge in [-0.25, -0.2) is 0 Å². The Morgan fingerprint density at radius 3 is 2.12 bits per heavy atom. The predicted molar refractivity (Wildman–Crippen MR) is 112 cm³/mol. The molecule has 0 spiro atoms. The zero-order valence-corrected chi connectivity index (χ0v) is 18.1. The van der Waals surface area contributed by atoms with Crippen molar-refractivity contribution in [3.8, 4) is 0 Å². The van der Waals surface area contributed by atoms with Crippen molar-refractivity contribution < 1.29 is 9.53 Å². The Kier molecular flexibility index (Phi) is 15.1. The van der Waals surface area contributed by atoms with E-state index in [1.54, 1.807) is 0 Å². The summed E-state index contributed by atoms with van der Waals surface area (Å²) in [6.07, 6.45) is 22.2. The van der Waals surface area contributed by atoms with Gasteiger partial charge in [-0.05, 0) is 32.1 Å². The minimum absolute atomic E-state index is 0.212. The summed E-state index contributed by atoms with van der Waals surface area (Å²) in [4.78, 5) is 11.6. The number of hydrogen-bond donors (Lipinski definition) is 0. The number of hydrogen-bond acceptors (Lipinski definition) is 2. The molecule has 3 heteroatoms. The Morgan fingerprint density at radius 2 is 1.52 bits per heavy atom. The lowest BCUT2D eigenvalue weighted by Crippen LogP contribution is -2.17. The molecule has 2 nitrogen and oxygen atoms in total. The molecular formula is C22H41BrO2. The van der Waals surface area contributed by atoms with Gasteiger partial charge in [-0.1, -0.05) is 93.5 Å². The largest absolute Gasteiger partial charge is 0.378 e. The maximum Gasteiger partial charge on any atom is 0.124 e. The van der Waals surface area contributed by atoms with Crippen molar-refractivity contribution in [2.24, 2.45) is 5.92 Å². The minimum atomic E-state index is 0.212. The van der Waals surface area contributed by atoms with Crippen LogP contribution in [0.2, 0.25) is 0 Å². The molecule has 1 aliphatic carbocycles. The summed E-state index contributed by atoms with van der Waals surface area (Å²) in [6, 6.07) is 0. The van der Waals surface area contributed by atoms with E-state index < -0.39 is 0 Å². The average Bonchev–Trinajstić information content (AvgIpc) is 2.63. The lowest BCUT2D eigenvalue weighted by Gasteiger charge is -2.21. The van der Waals surface area contributed by atoms with Crippen molar-refractivity contribution in [3.63, 3.8) is 0 Å². The van der Waals surface area contributed by atoms with E-state index in [0.717, 1.165) is 32.2 Å². The summed E-state index contributed by atoms with van der Waals surface area (Å²) in [5, 5.41) is 0. The van der Waals surface area contributed by atoms with Crippen molar-refractivity contribution in [3.05, 3.63) is 0 Å². The van der Waals surface area contributed by atoms with Gasteiger partial charge in [0, 0.05) is 17.4 Å². The highest BCUT2D eigenvalue weighted by Crippen LogP contribution is 2.23. The standard InChI is InChI=1S/C22H41BrO2/c1-2-14-22(23)20(19-24)15-10-7-5-3-4-6-8-13-18-25-21-16-11-9-12-17-21/h19-22H,2-18H2,1H3. The Morgan fingerprint density at radius 1 is 0.920 bits per heavy atom. The zero-order valence-electron chi connectivity index (χ0n) is 16.5. The van der Waals surface area contributed by atoms with Gasteiger partial charge < -0.3 is 9.53 Å². The third-order valence-electron chi connectivity index (χ3n) is 5.54. The molecular weight excluding hydrogens is 376 g/mol. The summed E-state index contributed by atoms with van der Waals surface area (Å²) in [5.74, 6) is 0.212. The molecule has 0 amide bonds. The van der Waals surface area contributed by atoms with Crippen LogP contribution in [0.3, 0.4) is 0 Å². The fourth-order valence-corrected chi connectivity index (χ4v) is 4.70. The van der Waals surface area contributed by atoms with Crippen LogP contribution in [0.4, 0.5) is 0 Å². The van der Waals surface area contributed by atoms with Crippen LogP contribution < -0.4 is 0 Å². The summed E-state index contributed by atoms with van der Waals surface area (Å²) < 4.78 is 5.98. The van der Waals surface area contributed by atoms with E-state index in [-0.39, 0.29) is 5.92 Å². The van der Waals surface area contributed by atoms with Gasteiger partial charge in [0.1, 0.15) is 6.29 Å². The fraction of sp³-hybridized carbons (Fsp3) is 0.955. The normalized spacial score (nSPS) is 18.2. The molecule has 0 aliphatic heterocycles.